The van der Waals surface area contributed by atoms with Crippen LogP contribution in [0.3, 0.4) is 0 Å². The third-order valence-electron chi connectivity index (χ3n) is 5.55. The Hall–Kier alpha value is -5.24. The number of carbonyl (C=O) groups is 3. The Morgan fingerprint density at radius 2 is 1.92 bits per heavy atom. The fraction of sp³-hybridized carbons (Fsp3) is 0.348. The van der Waals surface area contributed by atoms with Crippen LogP contribution < -0.4 is 27.0 Å². The fourth-order valence-corrected chi connectivity index (χ4v) is 3.55. The number of carboxylic acids is 1. The summed E-state index contributed by atoms with van der Waals surface area (Å²) >= 11 is 0. The molecule has 16 heteroatoms. The molecule has 0 spiro atoms. The summed E-state index contributed by atoms with van der Waals surface area (Å²) in [5, 5.41) is 17.9. The first-order chi connectivity index (χ1) is 18.7. The van der Waals surface area contributed by atoms with Gasteiger partial charge in [0, 0.05) is 42.7 Å². The van der Waals surface area contributed by atoms with Gasteiger partial charge in [0.2, 0.25) is 11.9 Å². The summed E-state index contributed by atoms with van der Waals surface area (Å²) in [6.45, 7) is 0.915. The maximum Gasteiger partial charge on any atom is 0.326 e. The van der Waals surface area contributed by atoms with E-state index in [1.165, 1.54) is 0 Å². The lowest BCUT2D eigenvalue weighted by Crippen LogP contribution is -2.41. The molecule has 0 aliphatic carbocycles. The molecule has 1 atom stereocenters. The molecule has 0 fully saturated rings. The number of rotatable bonds is 13. The van der Waals surface area contributed by atoms with Gasteiger partial charge in [-0.1, -0.05) is 5.11 Å². The number of azide groups is 1. The predicted molar refractivity (Wildman–Crippen MR) is 142 cm³/mol. The first-order valence-electron chi connectivity index (χ1n) is 11.8. The molecule has 16 nitrogen and oxygen atoms in total. The van der Waals surface area contributed by atoms with Crippen LogP contribution in [0.1, 0.15) is 35.3 Å². The normalized spacial score (nSPS) is 11.3. The zero-order valence-electron chi connectivity index (χ0n) is 21.1. The van der Waals surface area contributed by atoms with Crippen molar-refractivity contribution in [2.45, 2.75) is 31.8 Å². The molecule has 0 saturated heterocycles. The maximum absolute atomic E-state index is 12.6. The quantitative estimate of drug-likeness (QED) is 0.0891. The molecular weight excluding hydrogens is 508 g/mol. The summed E-state index contributed by atoms with van der Waals surface area (Å²) in [4.78, 5) is 57.3. The standard InChI is InChI=1S/C23H28N12O4/c1-35(12-14-11-28-20-18(30-14)19(24)32-23(25)33-20)15-5-3-13(4-6-15)21(37)31-16(22(38)39)7-8-17(36)27-9-2-10-29-34-26/h3-6,11,16H,2,7-10,12H2,1H3,(H,27,36)(H,31,37)(H,38,39)(H4,24,25,28,32,33)/t16-/m0/s1. The van der Waals surface area contributed by atoms with Crippen molar-refractivity contribution in [2.24, 2.45) is 5.11 Å². The van der Waals surface area contributed by atoms with Crippen molar-refractivity contribution in [1.29, 1.82) is 0 Å². The molecule has 0 aliphatic heterocycles. The number of nitrogens with two attached hydrogens (primary N) is 2. The molecule has 3 rings (SSSR count). The average molecular weight is 537 g/mol. The van der Waals surface area contributed by atoms with Gasteiger partial charge in [0.1, 0.15) is 6.04 Å². The molecule has 2 heterocycles. The number of carboxylic acid groups (broad SMARTS) is 1. The van der Waals surface area contributed by atoms with Crippen LogP contribution in [-0.4, -0.2) is 69.0 Å². The van der Waals surface area contributed by atoms with E-state index in [-0.39, 0.29) is 42.6 Å². The minimum absolute atomic E-state index is 0.0128. The van der Waals surface area contributed by atoms with E-state index >= 15 is 0 Å². The van der Waals surface area contributed by atoms with Gasteiger partial charge in [-0.3, -0.25) is 9.59 Å². The van der Waals surface area contributed by atoms with Crippen LogP contribution in [-0.2, 0) is 16.1 Å². The van der Waals surface area contributed by atoms with Crippen LogP contribution in [0.4, 0.5) is 17.5 Å². The van der Waals surface area contributed by atoms with Gasteiger partial charge in [0.15, 0.2) is 17.0 Å². The lowest BCUT2D eigenvalue weighted by molar-refractivity contribution is -0.139. The SMILES string of the molecule is CN(Cc1cnc2nc(N)nc(N)c2n1)c1ccc(C(=O)N[C@@H](CCC(=O)NCCCN=[N+]=[N-])C(=O)O)cc1. The van der Waals surface area contributed by atoms with Gasteiger partial charge < -0.3 is 32.1 Å². The van der Waals surface area contributed by atoms with E-state index < -0.39 is 17.9 Å². The molecule has 2 aromatic heterocycles. The highest BCUT2D eigenvalue weighted by molar-refractivity contribution is 5.97. The molecule has 0 saturated carbocycles. The third-order valence-corrected chi connectivity index (χ3v) is 5.55. The maximum atomic E-state index is 12.6. The van der Waals surface area contributed by atoms with E-state index in [4.69, 9.17) is 17.0 Å². The Bertz CT molecular complexity index is 1390. The van der Waals surface area contributed by atoms with Crippen molar-refractivity contribution < 1.29 is 19.5 Å². The van der Waals surface area contributed by atoms with E-state index in [9.17, 15) is 19.5 Å². The summed E-state index contributed by atoms with van der Waals surface area (Å²) < 4.78 is 0. The summed E-state index contributed by atoms with van der Waals surface area (Å²) in [5.41, 5.74) is 22.0. The van der Waals surface area contributed by atoms with Crippen LogP contribution in [0, 0.1) is 0 Å². The zero-order chi connectivity index (χ0) is 28.4. The lowest BCUT2D eigenvalue weighted by atomic mass is 10.1. The second-order valence-electron chi connectivity index (χ2n) is 8.46. The van der Waals surface area contributed by atoms with Crippen LogP contribution >= 0.6 is 0 Å². The molecule has 39 heavy (non-hydrogen) atoms. The highest BCUT2D eigenvalue weighted by Gasteiger charge is 2.22. The summed E-state index contributed by atoms with van der Waals surface area (Å²) in [6, 6.07) is 5.31. The summed E-state index contributed by atoms with van der Waals surface area (Å²) in [7, 11) is 1.83. The van der Waals surface area contributed by atoms with E-state index in [0.29, 0.717) is 36.4 Å². The Morgan fingerprint density at radius 3 is 2.62 bits per heavy atom. The van der Waals surface area contributed by atoms with Crippen molar-refractivity contribution >= 4 is 46.4 Å². The van der Waals surface area contributed by atoms with Gasteiger partial charge >= 0.3 is 5.97 Å². The van der Waals surface area contributed by atoms with Gasteiger partial charge in [-0.25, -0.2) is 14.8 Å². The van der Waals surface area contributed by atoms with Crippen LogP contribution in [0.2, 0.25) is 0 Å². The minimum Gasteiger partial charge on any atom is -0.480 e. The van der Waals surface area contributed by atoms with Crippen molar-refractivity contribution in [2.75, 3.05) is 36.5 Å². The summed E-state index contributed by atoms with van der Waals surface area (Å²) in [5.74, 6) is -2.05. The van der Waals surface area contributed by atoms with Crippen LogP contribution in [0.25, 0.3) is 21.6 Å². The number of hydrogen-bond donors (Lipinski definition) is 5. The fourth-order valence-electron chi connectivity index (χ4n) is 3.55. The number of amides is 2. The number of hydrogen-bond acceptors (Lipinski definition) is 11. The molecule has 0 unspecified atom stereocenters. The van der Waals surface area contributed by atoms with E-state index in [1.807, 2.05) is 11.9 Å². The molecule has 0 aliphatic rings. The average Bonchev–Trinajstić information content (AvgIpc) is 2.91. The Morgan fingerprint density at radius 1 is 1.18 bits per heavy atom. The van der Waals surface area contributed by atoms with E-state index in [2.05, 4.69) is 40.6 Å². The molecule has 0 bridgehead atoms. The minimum atomic E-state index is -1.25. The smallest absolute Gasteiger partial charge is 0.326 e. The number of nitrogens with one attached hydrogen (secondary N) is 2. The number of nitrogen functional groups attached to an aromatic ring is 2. The summed E-state index contributed by atoms with van der Waals surface area (Å²) in [6.07, 6.45) is 1.85. The monoisotopic (exact) mass is 536 g/mol. The number of nitrogens with zero attached hydrogens (tertiary/aromatic N) is 8. The van der Waals surface area contributed by atoms with Crippen LogP contribution in [0.15, 0.2) is 35.6 Å². The second-order valence-corrected chi connectivity index (χ2v) is 8.46. The molecule has 0 radical (unpaired) electrons. The number of fused-ring (bicyclic) bond motifs is 1. The number of aliphatic carboxylic acids is 1. The Kier molecular flexibility index (Phi) is 9.70. The van der Waals surface area contributed by atoms with Gasteiger partial charge in [-0.05, 0) is 42.6 Å². The van der Waals surface area contributed by atoms with Crippen molar-refractivity contribution in [3.8, 4) is 0 Å². The zero-order valence-corrected chi connectivity index (χ0v) is 21.1. The molecule has 1 aromatic carbocycles. The molecule has 2 amide bonds. The van der Waals surface area contributed by atoms with Crippen molar-refractivity contribution in [3.05, 3.63) is 52.2 Å². The first-order valence-corrected chi connectivity index (χ1v) is 11.8. The largest absolute Gasteiger partial charge is 0.480 e. The predicted octanol–water partition coefficient (Wildman–Crippen LogP) is 1.00. The van der Waals surface area contributed by atoms with Gasteiger partial charge in [0.25, 0.3) is 5.91 Å². The molecule has 7 N–H and O–H groups in total. The topological polar surface area (TPSA) is 251 Å². The number of anilines is 3. The Balaban J connectivity index is 1.55. The number of aromatic nitrogens is 4. The lowest BCUT2D eigenvalue weighted by Gasteiger charge is -2.19. The van der Waals surface area contributed by atoms with Gasteiger partial charge in [0.05, 0.1) is 18.4 Å². The van der Waals surface area contributed by atoms with Crippen molar-refractivity contribution in [3.63, 3.8) is 0 Å². The number of carbonyl (C=O) groups excluding carboxylic acids is 2. The van der Waals surface area contributed by atoms with Crippen LogP contribution in [0.5, 0.6) is 0 Å². The van der Waals surface area contributed by atoms with Gasteiger partial charge in [-0.15, -0.1) is 0 Å². The number of benzene rings is 1. The second kappa shape index (κ2) is 13.3. The molecule has 3 aromatic rings. The third kappa shape index (κ3) is 8.13. The van der Waals surface area contributed by atoms with Crippen molar-refractivity contribution in [1.82, 2.24) is 30.6 Å². The molecular formula is C23H28N12O4. The van der Waals surface area contributed by atoms with Gasteiger partial charge in [-0.2, -0.15) is 9.97 Å². The highest BCUT2D eigenvalue weighted by Crippen LogP contribution is 2.19. The highest BCUT2D eigenvalue weighted by atomic mass is 16.4. The molecule has 204 valence electrons. The van der Waals surface area contributed by atoms with E-state index in [1.54, 1.807) is 30.5 Å². The van der Waals surface area contributed by atoms with E-state index in [0.717, 1.165) is 5.69 Å². The Labute approximate surface area is 222 Å². The first kappa shape index (κ1) is 28.3.